The van der Waals surface area contributed by atoms with Crippen molar-refractivity contribution in [2.24, 2.45) is 22.6 Å². The summed E-state index contributed by atoms with van der Waals surface area (Å²) in [5.74, 6) is -3.87. The van der Waals surface area contributed by atoms with Gasteiger partial charge in [0.05, 0.1) is 13.7 Å². The highest BCUT2D eigenvalue weighted by molar-refractivity contribution is 5.98. The Balaban J connectivity index is 2.33. The van der Waals surface area contributed by atoms with Crippen LogP contribution in [0.25, 0.3) is 0 Å². The molecule has 2 heterocycles. The maximum Gasteiger partial charge on any atom is 0.305 e. The van der Waals surface area contributed by atoms with Gasteiger partial charge in [0.1, 0.15) is 6.10 Å². The number of nitrogens with one attached hydrogen (secondary N) is 1. The molecule has 0 aromatic rings. The first-order valence-corrected chi connectivity index (χ1v) is 7.81. The number of nitrogens with two attached hydrogens (primary N) is 1. The number of alkyl halides is 2. The van der Waals surface area contributed by atoms with Crippen molar-refractivity contribution >= 4 is 5.84 Å². The predicted molar refractivity (Wildman–Crippen MR) is 82.3 cm³/mol. The molecule has 1 saturated heterocycles. The summed E-state index contributed by atoms with van der Waals surface area (Å²) in [5.41, 5.74) is 6.27. The van der Waals surface area contributed by atoms with Crippen molar-refractivity contribution in [2.45, 2.75) is 38.2 Å². The van der Waals surface area contributed by atoms with E-state index in [1.165, 1.54) is 7.11 Å². The van der Waals surface area contributed by atoms with Crippen LogP contribution in [0.2, 0.25) is 0 Å². The first kappa shape index (κ1) is 19.8. The van der Waals surface area contributed by atoms with Gasteiger partial charge in [-0.15, -0.1) is 5.23 Å². The van der Waals surface area contributed by atoms with Gasteiger partial charge in [0.2, 0.25) is 0 Å². The highest BCUT2D eigenvalue weighted by Crippen LogP contribution is 2.35. The first-order chi connectivity index (χ1) is 11.6. The zero-order valence-corrected chi connectivity index (χ0v) is 14.2. The average molecular weight is 366 g/mol. The van der Waals surface area contributed by atoms with Crippen LogP contribution in [-0.2, 0) is 9.57 Å². The number of halogens is 2. The monoisotopic (exact) mass is 366 g/mol. The number of nitrogens with zero attached hydrogens (tertiary/aromatic N) is 2. The molecule has 2 aliphatic rings. The molecular formula is C14H24F2N4O5. The van der Waals surface area contributed by atoms with Crippen LogP contribution in [0.15, 0.2) is 16.4 Å². The molecule has 0 bridgehead atoms. The molecule has 2 rings (SSSR count). The van der Waals surface area contributed by atoms with Gasteiger partial charge >= 0.3 is 5.92 Å². The Kier molecular flexibility index (Phi) is 5.84. The van der Waals surface area contributed by atoms with Crippen molar-refractivity contribution in [3.8, 4) is 0 Å². The Labute approximate surface area is 143 Å². The van der Waals surface area contributed by atoms with E-state index in [4.69, 9.17) is 20.4 Å². The second kappa shape index (κ2) is 7.38. The lowest BCUT2D eigenvalue weighted by Crippen LogP contribution is -2.48. The molecule has 9 nitrogen and oxygen atoms in total. The van der Waals surface area contributed by atoms with Crippen molar-refractivity contribution in [1.29, 1.82) is 0 Å². The molecule has 2 unspecified atom stereocenters. The minimum Gasteiger partial charge on any atom is -0.400 e. The highest BCUT2D eigenvalue weighted by Gasteiger charge is 2.58. The first-order valence-electron chi connectivity index (χ1n) is 7.81. The van der Waals surface area contributed by atoms with Gasteiger partial charge in [0.15, 0.2) is 23.9 Å². The van der Waals surface area contributed by atoms with Gasteiger partial charge in [0.25, 0.3) is 0 Å². The Morgan fingerprint density at radius 1 is 1.48 bits per heavy atom. The molecule has 0 aliphatic carbocycles. The van der Waals surface area contributed by atoms with E-state index in [1.807, 2.05) is 13.8 Å². The van der Waals surface area contributed by atoms with Gasteiger partial charge in [-0.25, -0.2) is 8.78 Å². The number of aliphatic imine (C=N–C) groups is 1. The zero-order valence-electron chi connectivity index (χ0n) is 14.2. The molecule has 0 aromatic heterocycles. The number of hydrogen-bond acceptors (Lipinski definition) is 9. The lowest BCUT2D eigenvalue weighted by Gasteiger charge is -2.25. The molecule has 25 heavy (non-hydrogen) atoms. The lowest BCUT2D eigenvalue weighted by atomic mass is 9.93. The Hall–Kier alpha value is -1.53. The highest BCUT2D eigenvalue weighted by atomic mass is 19.3. The molecule has 0 amide bonds. The van der Waals surface area contributed by atoms with Crippen LogP contribution in [0.4, 0.5) is 8.78 Å². The summed E-state index contributed by atoms with van der Waals surface area (Å²) in [7, 11) is 1.19. The summed E-state index contributed by atoms with van der Waals surface area (Å²) in [6.45, 7) is 3.07. The standard InChI is InChI=1S/C14H24F2N4O5/c1-6-4-18-12(10(20(23)24-3)9(17)7(6)2)19-13-11(22)14(15,16)8(5-21)25-13/h6-8,11,13,21-23H,4-5,17H2,1-3H3,(H,18,19)/t6?,7?,8-,11+,13-/m1/s1. The number of hydroxylamine groups is 2. The number of rotatable bonds is 4. The molecule has 1 fully saturated rings. The third kappa shape index (κ3) is 3.55. The fraction of sp³-hybridized carbons (Fsp3) is 0.786. The third-order valence-corrected chi connectivity index (χ3v) is 4.61. The zero-order chi connectivity index (χ0) is 18.9. The Morgan fingerprint density at radius 3 is 2.64 bits per heavy atom. The largest absolute Gasteiger partial charge is 0.400 e. The number of amidine groups is 1. The van der Waals surface area contributed by atoms with Crippen LogP contribution in [-0.4, -0.2) is 71.1 Å². The topological polar surface area (TPSA) is 133 Å². The van der Waals surface area contributed by atoms with Gasteiger partial charge in [-0.1, -0.05) is 13.8 Å². The molecule has 0 radical (unpaired) electrons. The molecule has 11 heteroatoms. The van der Waals surface area contributed by atoms with E-state index in [0.717, 1.165) is 0 Å². The number of aliphatic hydroxyl groups excluding tert-OH is 2. The van der Waals surface area contributed by atoms with E-state index in [2.05, 4.69) is 10.3 Å². The predicted octanol–water partition coefficient (Wildman–Crippen LogP) is -0.603. The van der Waals surface area contributed by atoms with Crippen LogP contribution in [0.1, 0.15) is 13.8 Å². The maximum absolute atomic E-state index is 13.9. The molecular weight excluding hydrogens is 342 g/mol. The number of aliphatic hydroxyl groups is 2. The van der Waals surface area contributed by atoms with Crippen LogP contribution in [0.5, 0.6) is 0 Å². The molecule has 144 valence electrons. The normalized spacial score (nSPS) is 35.4. The summed E-state index contributed by atoms with van der Waals surface area (Å²) in [6.07, 6.45) is -5.63. The van der Waals surface area contributed by atoms with Crippen LogP contribution in [0, 0.1) is 11.8 Å². The van der Waals surface area contributed by atoms with Gasteiger partial charge < -0.3 is 26.0 Å². The van der Waals surface area contributed by atoms with Crippen molar-refractivity contribution in [3.05, 3.63) is 11.4 Å². The van der Waals surface area contributed by atoms with E-state index >= 15 is 0 Å². The van der Waals surface area contributed by atoms with Crippen molar-refractivity contribution in [1.82, 2.24) is 10.5 Å². The lowest BCUT2D eigenvalue weighted by molar-refractivity contribution is -0.295. The molecule has 0 saturated carbocycles. The quantitative estimate of drug-likeness (QED) is 0.417. The minimum absolute atomic E-state index is 0.0145. The number of ether oxygens (including phenoxy) is 1. The van der Waals surface area contributed by atoms with Crippen molar-refractivity contribution in [3.63, 3.8) is 0 Å². The fourth-order valence-corrected chi connectivity index (χ4v) is 2.68. The van der Waals surface area contributed by atoms with Gasteiger partial charge in [0, 0.05) is 18.2 Å². The van der Waals surface area contributed by atoms with Gasteiger partial charge in [-0.05, 0) is 5.92 Å². The third-order valence-electron chi connectivity index (χ3n) is 4.61. The molecule has 0 aromatic carbocycles. The van der Waals surface area contributed by atoms with Crippen LogP contribution >= 0.6 is 0 Å². The summed E-state index contributed by atoms with van der Waals surface area (Å²) < 4.78 is 32.7. The minimum atomic E-state index is -3.64. The van der Waals surface area contributed by atoms with Crippen molar-refractivity contribution in [2.75, 3.05) is 20.3 Å². The second-order valence-electron chi connectivity index (χ2n) is 6.21. The Bertz CT molecular complexity index is 559. The van der Waals surface area contributed by atoms with Crippen LogP contribution < -0.4 is 11.1 Å². The Morgan fingerprint density at radius 2 is 2.12 bits per heavy atom. The van der Waals surface area contributed by atoms with Gasteiger partial charge in [-0.2, -0.15) is 0 Å². The maximum atomic E-state index is 13.9. The van der Waals surface area contributed by atoms with Crippen LogP contribution in [0.3, 0.4) is 0 Å². The van der Waals surface area contributed by atoms with E-state index < -0.39 is 31.0 Å². The summed E-state index contributed by atoms with van der Waals surface area (Å²) >= 11 is 0. The second-order valence-corrected chi connectivity index (χ2v) is 6.21. The molecule has 5 atom stereocenters. The molecule has 0 spiro atoms. The smallest absolute Gasteiger partial charge is 0.305 e. The summed E-state index contributed by atoms with van der Waals surface area (Å²) in [5, 5.41) is 31.7. The molecule has 2 aliphatic heterocycles. The summed E-state index contributed by atoms with van der Waals surface area (Å²) in [6, 6.07) is 0. The SMILES string of the molecule is CON(O)C1=C(N)C(C)C(C)CN=C1N[C@@H]1O[C@H](CO)C(F)(F)[C@H]1O. The number of allylic oxidation sites excluding steroid dienone is 1. The van der Waals surface area contributed by atoms with E-state index in [0.29, 0.717) is 11.8 Å². The number of hydrogen-bond donors (Lipinski definition) is 5. The molecule has 6 N–H and O–H groups in total. The van der Waals surface area contributed by atoms with E-state index in [1.54, 1.807) is 0 Å². The van der Waals surface area contributed by atoms with Gasteiger partial charge in [-0.3, -0.25) is 15.0 Å². The van der Waals surface area contributed by atoms with Crippen molar-refractivity contribution < 1.29 is 33.8 Å². The fourth-order valence-electron chi connectivity index (χ4n) is 2.68. The van der Waals surface area contributed by atoms with E-state index in [-0.39, 0.29) is 29.1 Å². The van der Waals surface area contributed by atoms with E-state index in [9.17, 15) is 19.1 Å². The average Bonchev–Trinajstić information content (AvgIpc) is 2.74. The summed E-state index contributed by atoms with van der Waals surface area (Å²) in [4.78, 5) is 8.98.